The zero-order valence-electron chi connectivity index (χ0n) is 8.51. The molecule has 1 aromatic carbocycles. The third-order valence-corrected chi connectivity index (χ3v) is 1.80. The number of carboxylic acid groups (broad SMARTS) is 1. The van der Waals surface area contributed by atoms with Gasteiger partial charge in [-0.05, 0) is 12.5 Å². The summed E-state index contributed by atoms with van der Waals surface area (Å²) in [5.41, 5.74) is 1.70. The molecule has 0 saturated carbocycles. The number of hydrogen-bond donors (Lipinski definition) is 1. The van der Waals surface area contributed by atoms with E-state index in [9.17, 15) is 4.79 Å². The van der Waals surface area contributed by atoms with Gasteiger partial charge in [0.15, 0.2) is 0 Å². The molecule has 4 heteroatoms. The number of hydrogen-bond acceptors (Lipinski definition) is 3. The Bertz CT molecular complexity index is 346. The minimum atomic E-state index is -0.887. The smallest absolute Gasteiger partial charge is 0.306 e. The molecule has 0 unspecified atom stereocenters. The molecule has 0 atom stereocenters. The zero-order chi connectivity index (χ0) is 11.1. The fraction of sp³-hybridized carbons (Fsp3) is 0.273. The molecule has 0 spiro atoms. The van der Waals surface area contributed by atoms with Crippen molar-refractivity contribution in [1.82, 2.24) is 0 Å². The third-order valence-electron chi connectivity index (χ3n) is 1.80. The van der Waals surface area contributed by atoms with E-state index < -0.39 is 5.97 Å². The Morgan fingerprint density at radius 1 is 1.40 bits per heavy atom. The summed E-state index contributed by atoms with van der Waals surface area (Å²) < 4.78 is 0. The predicted molar refractivity (Wildman–Crippen MR) is 56.9 cm³/mol. The lowest BCUT2D eigenvalue weighted by atomic mass is 10.1. The van der Waals surface area contributed by atoms with Gasteiger partial charge in [0.1, 0.15) is 6.61 Å². The molecule has 0 bridgehead atoms. The maximum absolute atomic E-state index is 10.2. The summed E-state index contributed by atoms with van der Waals surface area (Å²) in [6, 6.07) is 9.57. The van der Waals surface area contributed by atoms with Gasteiger partial charge >= 0.3 is 5.97 Å². The number of rotatable bonds is 5. The van der Waals surface area contributed by atoms with Crippen LogP contribution in [0.1, 0.15) is 18.9 Å². The van der Waals surface area contributed by atoms with E-state index in [1.165, 1.54) is 0 Å². The molecule has 1 N–H and O–H groups in total. The Labute approximate surface area is 88.2 Å². The number of oxime groups is 1. The van der Waals surface area contributed by atoms with Crippen LogP contribution in [0.25, 0.3) is 0 Å². The second kappa shape index (κ2) is 5.80. The molecule has 0 saturated heterocycles. The largest absolute Gasteiger partial charge is 0.481 e. The van der Waals surface area contributed by atoms with Crippen molar-refractivity contribution in [2.45, 2.75) is 13.3 Å². The highest BCUT2D eigenvalue weighted by atomic mass is 16.6. The number of aliphatic carboxylic acids is 1. The van der Waals surface area contributed by atoms with Crippen molar-refractivity contribution in [3.63, 3.8) is 0 Å². The van der Waals surface area contributed by atoms with E-state index in [0.29, 0.717) is 0 Å². The first-order valence-electron chi connectivity index (χ1n) is 4.64. The molecule has 15 heavy (non-hydrogen) atoms. The summed E-state index contributed by atoms with van der Waals surface area (Å²) in [6.07, 6.45) is -0.0361. The van der Waals surface area contributed by atoms with Gasteiger partial charge in [0.25, 0.3) is 0 Å². The molecule has 0 aliphatic rings. The van der Waals surface area contributed by atoms with Gasteiger partial charge in [-0.3, -0.25) is 4.79 Å². The van der Waals surface area contributed by atoms with E-state index in [1.54, 1.807) is 0 Å². The van der Waals surface area contributed by atoms with Crippen LogP contribution in [0.15, 0.2) is 35.5 Å². The quantitative estimate of drug-likeness (QED) is 0.455. The maximum Gasteiger partial charge on any atom is 0.306 e. The summed E-state index contributed by atoms with van der Waals surface area (Å²) in [5, 5.41) is 12.2. The highest BCUT2D eigenvalue weighted by Crippen LogP contribution is 2.01. The Kier molecular flexibility index (Phi) is 4.34. The van der Waals surface area contributed by atoms with Gasteiger partial charge in [-0.25, -0.2) is 0 Å². The van der Waals surface area contributed by atoms with Crippen molar-refractivity contribution in [3.05, 3.63) is 35.9 Å². The predicted octanol–water partition coefficient (Wildman–Crippen LogP) is 1.90. The van der Waals surface area contributed by atoms with Crippen LogP contribution >= 0.6 is 0 Å². The monoisotopic (exact) mass is 207 g/mol. The Balaban J connectivity index is 2.43. The molecule has 0 radical (unpaired) electrons. The number of benzene rings is 1. The van der Waals surface area contributed by atoms with Crippen molar-refractivity contribution < 1.29 is 14.7 Å². The molecular weight excluding hydrogens is 194 g/mol. The van der Waals surface area contributed by atoms with Gasteiger partial charge in [-0.15, -0.1) is 0 Å². The molecule has 1 aromatic rings. The molecule has 0 amide bonds. The summed E-state index contributed by atoms with van der Waals surface area (Å²) in [5.74, 6) is -0.887. The van der Waals surface area contributed by atoms with Gasteiger partial charge in [-0.1, -0.05) is 35.5 Å². The van der Waals surface area contributed by atoms with Crippen molar-refractivity contribution in [2.24, 2.45) is 5.16 Å². The van der Waals surface area contributed by atoms with Crippen LogP contribution in [-0.4, -0.2) is 23.4 Å². The Hall–Kier alpha value is -1.84. The summed E-state index contributed by atoms with van der Waals surface area (Å²) in [6.45, 7) is 1.91. The van der Waals surface area contributed by atoms with E-state index in [4.69, 9.17) is 9.94 Å². The van der Waals surface area contributed by atoms with Crippen LogP contribution in [0, 0.1) is 0 Å². The first-order chi connectivity index (χ1) is 7.20. The number of carboxylic acids is 1. The normalized spacial score (nSPS) is 11.1. The van der Waals surface area contributed by atoms with Gasteiger partial charge < -0.3 is 9.94 Å². The first-order valence-corrected chi connectivity index (χ1v) is 4.64. The second-order valence-electron chi connectivity index (χ2n) is 3.02. The minimum absolute atomic E-state index is 0.0361. The van der Waals surface area contributed by atoms with E-state index in [1.807, 2.05) is 37.3 Å². The summed E-state index contributed by atoms with van der Waals surface area (Å²) in [4.78, 5) is 15.1. The number of carbonyl (C=O) groups is 1. The van der Waals surface area contributed by atoms with Gasteiger partial charge in [0.2, 0.25) is 0 Å². The first kappa shape index (κ1) is 11.2. The molecule has 0 fully saturated rings. The molecule has 1 rings (SSSR count). The highest BCUT2D eigenvalue weighted by Gasteiger charge is 1.98. The Morgan fingerprint density at radius 3 is 2.67 bits per heavy atom. The van der Waals surface area contributed by atoms with Crippen molar-refractivity contribution in [1.29, 1.82) is 0 Å². The van der Waals surface area contributed by atoms with E-state index in [-0.39, 0.29) is 13.0 Å². The second-order valence-corrected chi connectivity index (χ2v) is 3.02. The van der Waals surface area contributed by atoms with Crippen LogP contribution in [-0.2, 0) is 9.63 Å². The zero-order valence-corrected chi connectivity index (χ0v) is 8.51. The average molecular weight is 207 g/mol. The lowest BCUT2D eigenvalue weighted by Crippen LogP contribution is -2.02. The lowest BCUT2D eigenvalue weighted by Gasteiger charge is -2.00. The van der Waals surface area contributed by atoms with Crippen LogP contribution in [0.2, 0.25) is 0 Å². The third kappa shape index (κ3) is 4.26. The molecule has 80 valence electrons. The van der Waals surface area contributed by atoms with Crippen molar-refractivity contribution in [2.75, 3.05) is 6.61 Å². The summed E-state index contributed by atoms with van der Waals surface area (Å²) in [7, 11) is 0. The minimum Gasteiger partial charge on any atom is -0.481 e. The lowest BCUT2D eigenvalue weighted by molar-refractivity contribution is -0.138. The average Bonchev–Trinajstić information content (AvgIpc) is 2.25. The van der Waals surface area contributed by atoms with Crippen molar-refractivity contribution in [3.8, 4) is 0 Å². The van der Waals surface area contributed by atoms with Crippen LogP contribution in [0.5, 0.6) is 0 Å². The van der Waals surface area contributed by atoms with Crippen LogP contribution < -0.4 is 0 Å². The van der Waals surface area contributed by atoms with E-state index in [0.717, 1.165) is 11.3 Å². The fourth-order valence-electron chi connectivity index (χ4n) is 1.01. The van der Waals surface area contributed by atoms with Gasteiger partial charge in [-0.2, -0.15) is 0 Å². The molecule has 0 aliphatic carbocycles. The fourth-order valence-corrected chi connectivity index (χ4v) is 1.01. The van der Waals surface area contributed by atoms with Gasteiger partial charge in [0.05, 0.1) is 12.1 Å². The standard InChI is InChI=1S/C11H13NO3/c1-9(10-5-3-2-4-6-10)12-15-8-7-11(13)14/h2-6H,7-8H2,1H3,(H,13,14)/b12-9+. The maximum atomic E-state index is 10.2. The Morgan fingerprint density at radius 2 is 2.07 bits per heavy atom. The van der Waals surface area contributed by atoms with E-state index >= 15 is 0 Å². The topological polar surface area (TPSA) is 58.9 Å². The summed E-state index contributed by atoms with van der Waals surface area (Å²) >= 11 is 0. The highest BCUT2D eigenvalue weighted by molar-refractivity contribution is 5.98. The molecule has 0 aromatic heterocycles. The van der Waals surface area contributed by atoms with Crippen LogP contribution in [0.4, 0.5) is 0 Å². The molecule has 0 heterocycles. The SMILES string of the molecule is C/C(=N\OCCC(=O)O)c1ccccc1. The van der Waals surface area contributed by atoms with E-state index in [2.05, 4.69) is 5.16 Å². The van der Waals surface area contributed by atoms with Crippen molar-refractivity contribution >= 4 is 11.7 Å². The molecule has 4 nitrogen and oxygen atoms in total. The van der Waals surface area contributed by atoms with Crippen LogP contribution in [0.3, 0.4) is 0 Å². The molecule has 0 aliphatic heterocycles. The molecular formula is C11H13NO3. The van der Waals surface area contributed by atoms with Gasteiger partial charge in [0, 0.05) is 0 Å². The number of nitrogens with zero attached hydrogens (tertiary/aromatic N) is 1.